The molecule has 128 valence electrons. The van der Waals surface area contributed by atoms with Crippen LogP contribution in [0.2, 0.25) is 0 Å². The topological polar surface area (TPSA) is 59.2 Å². The molecule has 0 spiro atoms. The summed E-state index contributed by atoms with van der Waals surface area (Å²) in [6.45, 7) is 0. The number of aliphatic hydroxyl groups is 1. The van der Waals surface area contributed by atoms with Crippen molar-refractivity contribution in [2.45, 2.75) is 17.9 Å². The average Bonchev–Trinajstić information content (AvgIpc) is 3.03. The van der Waals surface area contributed by atoms with Gasteiger partial charge in [0.25, 0.3) is 0 Å². The molecule has 1 atom stereocenters. The molecule has 1 aliphatic rings. The standard InChI is InChI=1S/C17H10BrF3N2O2/c18-9-1-4-14(22-7-9)17(20,21)16(24)6-13-15(23-8-25-13)11-5-10(19)2-3-12(11)16/h1-5,7-8,24H,6H2. The SMILES string of the molecule is OC1(C(F)(F)c2ccc(Br)cn2)Cc2ocnc2-c2cc(F)ccc21. The van der Waals surface area contributed by atoms with Crippen LogP contribution in [-0.4, -0.2) is 15.1 Å². The van der Waals surface area contributed by atoms with E-state index in [0.717, 1.165) is 30.7 Å². The van der Waals surface area contributed by atoms with Crippen molar-refractivity contribution in [3.63, 3.8) is 0 Å². The molecule has 1 aromatic carbocycles. The van der Waals surface area contributed by atoms with Crippen LogP contribution >= 0.6 is 15.9 Å². The van der Waals surface area contributed by atoms with Gasteiger partial charge >= 0.3 is 5.92 Å². The first-order chi connectivity index (χ1) is 11.8. The summed E-state index contributed by atoms with van der Waals surface area (Å²) in [6.07, 6.45) is 1.80. The minimum atomic E-state index is -3.75. The van der Waals surface area contributed by atoms with Crippen LogP contribution in [0.25, 0.3) is 11.3 Å². The Labute approximate surface area is 148 Å². The molecule has 1 N–H and O–H groups in total. The number of benzene rings is 1. The molecular formula is C17H10BrF3N2O2. The van der Waals surface area contributed by atoms with Crippen LogP contribution in [0, 0.1) is 5.82 Å². The lowest BCUT2D eigenvalue weighted by molar-refractivity contribution is -0.199. The zero-order valence-electron chi connectivity index (χ0n) is 12.5. The van der Waals surface area contributed by atoms with E-state index in [4.69, 9.17) is 4.42 Å². The predicted octanol–water partition coefficient (Wildman–Crippen LogP) is 4.17. The van der Waals surface area contributed by atoms with Gasteiger partial charge in [-0.3, -0.25) is 4.98 Å². The first-order valence-electron chi connectivity index (χ1n) is 7.28. The third-order valence-electron chi connectivity index (χ3n) is 4.31. The predicted molar refractivity (Wildman–Crippen MR) is 85.3 cm³/mol. The maximum absolute atomic E-state index is 15.3. The van der Waals surface area contributed by atoms with Gasteiger partial charge in [0.15, 0.2) is 12.0 Å². The van der Waals surface area contributed by atoms with Crippen molar-refractivity contribution >= 4 is 15.9 Å². The van der Waals surface area contributed by atoms with Crippen LogP contribution in [0.5, 0.6) is 0 Å². The van der Waals surface area contributed by atoms with Gasteiger partial charge in [-0.05, 0) is 40.2 Å². The fraction of sp³-hybridized carbons (Fsp3) is 0.176. The number of fused-ring (bicyclic) bond motifs is 3. The second kappa shape index (κ2) is 5.40. The molecule has 0 bridgehead atoms. The van der Waals surface area contributed by atoms with Crippen molar-refractivity contribution < 1.29 is 22.7 Å². The smallest absolute Gasteiger partial charge is 0.322 e. The molecule has 1 unspecified atom stereocenters. The number of hydrogen-bond donors (Lipinski definition) is 1. The molecule has 1 aliphatic carbocycles. The molecule has 3 aromatic rings. The van der Waals surface area contributed by atoms with Crippen LogP contribution in [0.3, 0.4) is 0 Å². The third kappa shape index (κ3) is 2.31. The number of oxazole rings is 1. The molecular weight excluding hydrogens is 401 g/mol. The number of pyridine rings is 1. The monoisotopic (exact) mass is 410 g/mol. The Balaban J connectivity index is 1.94. The van der Waals surface area contributed by atoms with Gasteiger partial charge < -0.3 is 9.52 Å². The van der Waals surface area contributed by atoms with Crippen molar-refractivity contribution in [3.05, 3.63) is 70.2 Å². The maximum Gasteiger partial charge on any atom is 0.322 e. The van der Waals surface area contributed by atoms with Gasteiger partial charge in [-0.2, -0.15) is 8.78 Å². The highest BCUT2D eigenvalue weighted by Crippen LogP contribution is 2.52. The zero-order valence-corrected chi connectivity index (χ0v) is 14.1. The first-order valence-corrected chi connectivity index (χ1v) is 8.07. The molecule has 2 aromatic heterocycles. The molecule has 0 aliphatic heterocycles. The van der Waals surface area contributed by atoms with E-state index in [-0.39, 0.29) is 22.6 Å². The van der Waals surface area contributed by atoms with Gasteiger partial charge in [0.05, 0.1) is 0 Å². The Bertz CT molecular complexity index is 959. The van der Waals surface area contributed by atoms with Crippen molar-refractivity contribution in [1.29, 1.82) is 0 Å². The van der Waals surface area contributed by atoms with E-state index in [1.807, 2.05) is 0 Å². The molecule has 0 saturated carbocycles. The lowest BCUT2D eigenvalue weighted by Crippen LogP contribution is -2.47. The summed E-state index contributed by atoms with van der Waals surface area (Å²) in [5.74, 6) is -4.30. The van der Waals surface area contributed by atoms with Gasteiger partial charge in [0.1, 0.15) is 23.0 Å². The fourth-order valence-electron chi connectivity index (χ4n) is 3.07. The second-order valence-corrected chi connectivity index (χ2v) is 6.70. The highest BCUT2D eigenvalue weighted by Gasteiger charge is 2.59. The van der Waals surface area contributed by atoms with E-state index in [2.05, 4.69) is 25.9 Å². The third-order valence-corrected chi connectivity index (χ3v) is 4.78. The van der Waals surface area contributed by atoms with Crippen LogP contribution < -0.4 is 0 Å². The molecule has 4 rings (SSSR count). The van der Waals surface area contributed by atoms with E-state index in [1.165, 1.54) is 12.3 Å². The molecule has 0 radical (unpaired) electrons. The molecule has 8 heteroatoms. The van der Waals surface area contributed by atoms with E-state index < -0.39 is 29.5 Å². The summed E-state index contributed by atoms with van der Waals surface area (Å²) >= 11 is 3.14. The zero-order chi connectivity index (χ0) is 17.8. The van der Waals surface area contributed by atoms with Crippen LogP contribution in [0.4, 0.5) is 13.2 Å². The summed E-state index contributed by atoms with van der Waals surface area (Å²) < 4.78 is 49.8. The summed E-state index contributed by atoms with van der Waals surface area (Å²) in [4.78, 5) is 7.69. The molecule has 0 fully saturated rings. The average molecular weight is 411 g/mol. The minimum absolute atomic E-state index is 0.0670. The van der Waals surface area contributed by atoms with Gasteiger partial charge in [0, 0.05) is 28.2 Å². The van der Waals surface area contributed by atoms with Gasteiger partial charge in [-0.1, -0.05) is 6.07 Å². The number of nitrogens with zero attached hydrogens (tertiary/aromatic N) is 2. The van der Waals surface area contributed by atoms with E-state index in [0.29, 0.717) is 4.47 Å². The Morgan fingerprint density at radius 3 is 2.72 bits per heavy atom. The molecule has 2 heterocycles. The number of rotatable bonds is 2. The van der Waals surface area contributed by atoms with Gasteiger partial charge in [-0.25, -0.2) is 9.37 Å². The maximum atomic E-state index is 15.3. The second-order valence-electron chi connectivity index (χ2n) is 5.79. The Morgan fingerprint density at radius 2 is 2.00 bits per heavy atom. The molecule has 0 saturated heterocycles. The van der Waals surface area contributed by atoms with Gasteiger partial charge in [0.2, 0.25) is 0 Å². The lowest BCUT2D eigenvalue weighted by Gasteiger charge is -2.38. The molecule has 0 amide bonds. The van der Waals surface area contributed by atoms with Crippen molar-refractivity contribution in [3.8, 4) is 11.3 Å². The van der Waals surface area contributed by atoms with Crippen molar-refractivity contribution in [1.82, 2.24) is 9.97 Å². The lowest BCUT2D eigenvalue weighted by atomic mass is 9.75. The normalized spacial score (nSPS) is 19.4. The summed E-state index contributed by atoms with van der Waals surface area (Å²) in [5, 5.41) is 11.0. The summed E-state index contributed by atoms with van der Waals surface area (Å²) in [7, 11) is 0. The Kier molecular flexibility index (Phi) is 3.52. The van der Waals surface area contributed by atoms with Crippen molar-refractivity contribution in [2.24, 2.45) is 0 Å². The number of aromatic nitrogens is 2. The summed E-state index contributed by atoms with van der Waals surface area (Å²) in [6, 6.07) is 5.77. The Hall–Kier alpha value is -2.19. The van der Waals surface area contributed by atoms with Crippen LogP contribution in [0.15, 0.2) is 51.8 Å². The van der Waals surface area contributed by atoms with Crippen molar-refractivity contribution in [2.75, 3.05) is 0 Å². The summed E-state index contributed by atoms with van der Waals surface area (Å²) in [5.41, 5.74) is -3.04. The first kappa shape index (κ1) is 16.3. The molecule has 25 heavy (non-hydrogen) atoms. The quantitative estimate of drug-likeness (QED) is 0.688. The number of alkyl halides is 2. The molecule has 4 nitrogen and oxygen atoms in total. The number of hydrogen-bond acceptors (Lipinski definition) is 4. The highest BCUT2D eigenvalue weighted by molar-refractivity contribution is 9.10. The minimum Gasteiger partial charge on any atom is -0.448 e. The van der Waals surface area contributed by atoms with Crippen LogP contribution in [0.1, 0.15) is 17.0 Å². The van der Waals surface area contributed by atoms with E-state index in [9.17, 15) is 9.50 Å². The van der Waals surface area contributed by atoms with Gasteiger partial charge in [-0.15, -0.1) is 0 Å². The van der Waals surface area contributed by atoms with E-state index in [1.54, 1.807) is 0 Å². The largest absolute Gasteiger partial charge is 0.448 e. The highest BCUT2D eigenvalue weighted by atomic mass is 79.9. The van der Waals surface area contributed by atoms with E-state index >= 15 is 8.78 Å². The Morgan fingerprint density at radius 1 is 1.20 bits per heavy atom. The number of halogens is 4. The fourth-order valence-corrected chi connectivity index (χ4v) is 3.30. The van der Waals surface area contributed by atoms with Crippen LogP contribution in [-0.2, 0) is 17.9 Å².